The van der Waals surface area contributed by atoms with Crippen molar-refractivity contribution >= 4 is 63.5 Å². The number of rotatable bonds is 4. The van der Waals surface area contributed by atoms with Crippen LogP contribution in [0, 0.1) is 0 Å². The maximum atomic E-state index is 11.1. The van der Waals surface area contributed by atoms with E-state index in [0.29, 0.717) is 12.3 Å². The third kappa shape index (κ3) is 3.85. The van der Waals surface area contributed by atoms with Crippen molar-refractivity contribution in [2.24, 2.45) is 5.14 Å². The molecule has 0 saturated heterocycles. The van der Waals surface area contributed by atoms with Crippen molar-refractivity contribution in [3.05, 3.63) is 43.4 Å². The number of halogens is 3. The zero-order valence-electron chi connectivity index (χ0n) is 9.86. The maximum Gasteiger partial charge on any atom is 0.271 e. The molecule has 2 rings (SSSR count). The zero-order valence-corrected chi connectivity index (χ0v) is 15.4. The van der Waals surface area contributed by atoms with E-state index in [1.54, 1.807) is 6.07 Å². The molecule has 5 nitrogen and oxygen atoms in total. The van der Waals surface area contributed by atoms with Gasteiger partial charge in [-0.3, -0.25) is 0 Å². The number of anilines is 1. The molecule has 0 radical (unpaired) electrons. The molecule has 0 fully saturated rings. The van der Waals surface area contributed by atoms with Crippen LogP contribution in [0.2, 0.25) is 0 Å². The van der Waals surface area contributed by atoms with Crippen molar-refractivity contribution in [2.75, 3.05) is 5.32 Å². The minimum Gasteiger partial charge on any atom is -0.446 e. The number of hydrogen-bond donors (Lipinski definition) is 2. The second kappa shape index (κ2) is 6.18. The van der Waals surface area contributed by atoms with Crippen LogP contribution in [0.15, 0.2) is 47.2 Å². The topological polar surface area (TPSA) is 85.3 Å². The SMILES string of the molecule is NS(=O)(=O)c1ccc(CNc2c(Br)cc(Br)cc2Br)o1. The second-order valence-electron chi connectivity index (χ2n) is 3.86. The predicted molar refractivity (Wildman–Crippen MR) is 86.9 cm³/mol. The first kappa shape index (κ1) is 16.0. The van der Waals surface area contributed by atoms with Crippen LogP contribution in [-0.4, -0.2) is 8.42 Å². The van der Waals surface area contributed by atoms with Crippen molar-refractivity contribution in [1.82, 2.24) is 0 Å². The van der Waals surface area contributed by atoms with Crippen LogP contribution >= 0.6 is 47.8 Å². The fourth-order valence-electron chi connectivity index (χ4n) is 1.49. The summed E-state index contributed by atoms with van der Waals surface area (Å²) < 4.78 is 30.0. The van der Waals surface area contributed by atoms with Gasteiger partial charge in [0.15, 0.2) is 0 Å². The van der Waals surface area contributed by atoms with Crippen LogP contribution < -0.4 is 10.5 Å². The molecule has 1 aromatic carbocycles. The molecule has 0 saturated carbocycles. The molecule has 1 aromatic heterocycles. The van der Waals surface area contributed by atoms with E-state index in [1.165, 1.54) is 6.07 Å². The van der Waals surface area contributed by atoms with E-state index < -0.39 is 10.0 Å². The fourth-order valence-corrected chi connectivity index (χ4v) is 4.51. The number of benzene rings is 1. The van der Waals surface area contributed by atoms with Gasteiger partial charge in [-0.2, -0.15) is 0 Å². The smallest absolute Gasteiger partial charge is 0.271 e. The maximum absolute atomic E-state index is 11.1. The van der Waals surface area contributed by atoms with Gasteiger partial charge in [-0.15, -0.1) is 0 Å². The lowest BCUT2D eigenvalue weighted by atomic mass is 10.3. The van der Waals surface area contributed by atoms with Gasteiger partial charge in [0.1, 0.15) is 5.76 Å². The summed E-state index contributed by atoms with van der Waals surface area (Å²) in [4.78, 5) is 0. The van der Waals surface area contributed by atoms with Crippen LogP contribution in [0.25, 0.3) is 0 Å². The normalized spacial score (nSPS) is 11.6. The van der Waals surface area contributed by atoms with Gasteiger partial charge in [0.25, 0.3) is 10.0 Å². The van der Waals surface area contributed by atoms with Gasteiger partial charge in [0, 0.05) is 13.4 Å². The fraction of sp³-hybridized carbons (Fsp3) is 0.0909. The van der Waals surface area contributed by atoms with Crippen LogP contribution in [0.1, 0.15) is 5.76 Å². The van der Waals surface area contributed by atoms with Gasteiger partial charge in [0.2, 0.25) is 5.09 Å². The summed E-state index contributed by atoms with van der Waals surface area (Å²) in [6.07, 6.45) is 0. The molecule has 2 aromatic rings. The number of furan rings is 1. The molecular weight excluding hydrogens is 480 g/mol. The number of primary sulfonamides is 1. The summed E-state index contributed by atoms with van der Waals surface area (Å²) in [6, 6.07) is 6.68. The largest absolute Gasteiger partial charge is 0.446 e. The third-order valence-electron chi connectivity index (χ3n) is 2.36. The molecule has 20 heavy (non-hydrogen) atoms. The lowest BCUT2D eigenvalue weighted by Gasteiger charge is -2.10. The summed E-state index contributed by atoms with van der Waals surface area (Å²) in [5.41, 5.74) is 0.835. The molecule has 1 heterocycles. The Balaban J connectivity index is 2.16. The lowest BCUT2D eigenvalue weighted by Crippen LogP contribution is -2.10. The highest BCUT2D eigenvalue weighted by molar-refractivity contribution is 9.11. The van der Waals surface area contributed by atoms with E-state index in [0.717, 1.165) is 19.1 Å². The van der Waals surface area contributed by atoms with Gasteiger partial charge >= 0.3 is 0 Å². The molecule has 108 valence electrons. The highest BCUT2D eigenvalue weighted by atomic mass is 79.9. The van der Waals surface area contributed by atoms with E-state index in [1.807, 2.05) is 12.1 Å². The van der Waals surface area contributed by atoms with Crippen LogP contribution in [0.3, 0.4) is 0 Å². The average molecular weight is 489 g/mol. The Labute approximate surface area is 141 Å². The van der Waals surface area contributed by atoms with Gasteiger partial charge in [-0.05, 0) is 56.1 Å². The first-order valence-corrected chi connectivity index (χ1v) is 9.20. The molecule has 0 unspecified atom stereocenters. The van der Waals surface area contributed by atoms with Crippen molar-refractivity contribution in [3.63, 3.8) is 0 Å². The molecule has 0 aliphatic rings. The van der Waals surface area contributed by atoms with E-state index in [4.69, 9.17) is 9.56 Å². The minimum atomic E-state index is -3.81. The predicted octanol–water partition coefficient (Wildman–Crippen LogP) is 3.83. The lowest BCUT2D eigenvalue weighted by molar-refractivity contribution is 0.419. The molecule has 0 spiro atoms. The van der Waals surface area contributed by atoms with Crippen LogP contribution in [0.5, 0.6) is 0 Å². The van der Waals surface area contributed by atoms with Crippen LogP contribution in [-0.2, 0) is 16.6 Å². The first-order valence-electron chi connectivity index (χ1n) is 5.27. The number of nitrogens with one attached hydrogen (secondary N) is 1. The molecule has 3 N–H and O–H groups in total. The standard InChI is InChI=1S/C11H9Br3N2O3S/c12-6-3-8(13)11(9(14)4-6)16-5-7-1-2-10(19-7)20(15,17)18/h1-4,16H,5H2,(H2,15,17,18). The summed E-state index contributed by atoms with van der Waals surface area (Å²) in [7, 11) is -3.81. The summed E-state index contributed by atoms with van der Waals surface area (Å²) in [5.74, 6) is 0.468. The van der Waals surface area contributed by atoms with Crippen molar-refractivity contribution in [1.29, 1.82) is 0 Å². The van der Waals surface area contributed by atoms with E-state index in [9.17, 15) is 8.42 Å². The van der Waals surface area contributed by atoms with Crippen molar-refractivity contribution in [3.8, 4) is 0 Å². The van der Waals surface area contributed by atoms with Crippen molar-refractivity contribution in [2.45, 2.75) is 11.6 Å². The molecule has 9 heteroatoms. The Kier molecular flexibility index (Phi) is 4.96. The number of nitrogens with two attached hydrogens (primary N) is 1. The Bertz CT molecular complexity index is 720. The molecular formula is C11H9Br3N2O3S. The molecule has 0 aliphatic carbocycles. The van der Waals surface area contributed by atoms with E-state index >= 15 is 0 Å². The van der Waals surface area contributed by atoms with Crippen molar-refractivity contribution < 1.29 is 12.8 Å². The van der Waals surface area contributed by atoms with Crippen LogP contribution in [0.4, 0.5) is 5.69 Å². The second-order valence-corrected chi connectivity index (χ2v) is 7.98. The Hall–Kier alpha value is -0.350. The first-order chi connectivity index (χ1) is 9.27. The number of hydrogen-bond acceptors (Lipinski definition) is 4. The highest BCUT2D eigenvalue weighted by Gasteiger charge is 2.13. The molecule has 0 atom stereocenters. The number of sulfonamides is 1. The van der Waals surface area contributed by atoms with Gasteiger partial charge in [-0.25, -0.2) is 13.6 Å². The Morgan fingerprint density at radius 3 is 2.25 bits per heavy atom. The monoisotopic (exact) mass is 486 g/mol. The minimum absolute atomic E-state index is 0.247. The Morgan fingerprint density at radius 1 is 1.15 bits per heavy atom. The highest BCUT2D eigenvalue weighted by Crippen LogP contribution is 2.34. The zero-order chi connectivity index (χ0) is 14.9. The molecule has 0 amide bonds. The third-order valence-corrected chi connectivity index (χ3v) is 4.85. The molecule has 0 aliphatic heterocycles. The van der Waals surface area contributed by atoms with E-state index in [-0.39, 0.29) is 5.09 Å². The van der Waals surface area contributed by atoms with E-state index in [2.05, 4.69) is 53.1 Å². The Morgan fingerprint density at radius 2 is 1.75 bits per heavy atom. The van der Waals surface area contributed by atoms with Gasteiger partial charge in [-0.1, -0.05) is 15.9 Å². The molecule has 0 bridgehead atoms. The van der Waals surface area contributed by atoms with Gasteiger partial charge in [0.05, 0.1) is 12.2 Å². The summed E-state index contributed by atoms with van der Waals surface area (Å²) >= 11 is 10.3. The summed E-state index contributed by atoms with van der Waals surface area (Å²) in [5, 5.41) is 7.88. The average Bonchev–Trinajstić information content (AvgIpc) is 2.75. The summed E-state index contributed by atoms with van der Waals surface area (Å²) in [6.45, 7) is 0.328. The van der Waals surface area contributed by atoms with Gasteiger partial charge < -0.3 is 9.73 Å². The quantitative estimate of drug-likeness (QED) is 0.685.